The summed E-state index contributed by atoms with van der Waals surface area (Å²) in [5.41, 5.74) is 8.79. The van der Waals surface area contributed by atoms with Crippen molar-refractivity contribution in [3.63, 3.8) is 0 Å². The molecule has 20 heavy (non-hydrogen) atoms. The maximum absolute atomic E-state index is 11.4. The lowest BCUT2D eigenvalue weighted by Gasteiger charge is -2.36. The van der Waals surface area contributed by atoms with E-state index < -0.39 is 5.72 Å². The van der Waals surface area contributed by atoms with Crippen LogP contribution < -0.4 is 11.1 Å². The quantitative estimate of drug-likeness (QED) is 0.694. The molecule has 2 heterocycles. The molecule has 1 aliphatic rings. The number of aromatic amines is 1. The first-order valence-electron chi connectivity index (χ1n) is 6.48. The number of carbonyl (C=O) groups is 1. The predicted molar refractivity (Wildman–Crippen MR) is 77.3 cm³/mol. The van der Waals surface area contributed by atoms with E-state index in [9.17, 15) is 4.79 Å². The third kappa shape index (κ3) is 1.66. The molecule has 0 aliphatic carbocycles. The van der Waals surface area contributed by atoms with Gasteiger partial charge in [-0.3, -0.25) is 4.79 Å². The molecule has 0 unspecified atom stereocenters. The van der Waals surface area contributed by atoms with Crippen LogP contribution in [0.5, 0.6) is 0 Å². The molecule has 1 aromatic heterocycles. The van der Waals surface area contributed by atoms with Crippen LogP contribution in [-0.2, 0) is 15.3 Å². The third-order valence-electron chi connectivity index (χ3n) is 3.68. The Morgan fingerprint density at radius 2 is 2.05 bits per heavy atom. The van der Waals surface area contributed by atoms with Gasteiger partial charge in [0.1, 0.15) is 5.82 Å². The second kappa shape index (κ2) is 4.03. The van der Waals surface area contributed by atoms with E-state index in [1.807, 2.05) is 38.1 Å². The zero-order valence-electron chi connectivity index (χ0n) is 11.7. The van der Waals surface area contributed by atoms with Crippen molar-refractivity contribution in [2.75, 3.05) is 0 Å². The molecule has 1 aliphatic heterocycles. The van der Waals surface area contributed by atoms with Crippen molar-refractivity contribution >= 4 is 22.4 Å². The molecule has 1 aromatic carbocycles. The van der Waals surface area contributed by atoms with E-state index in [4.69, 9.17) is 10.5 Å². The van der Waals surface area contributed by atoms with Crippen molar-refractivity contribution in [1.29, 1.82) is 0 Å². The lowest BCUT2D eigenvalue weighted by atomic mass is 9.94. The third-order valence-corrected chi connectivity index (χ3v) is 3.68. The van der Waals surface area contributed by atoms with Crippen LogP contribution in [0.3, 0.4) is 0 Å². The van der Waals surface area contributed by atoms with Crippen molar-refractivity contribution < 1.29 is 9.53 Å². The maximum atomic E-state index is 11.4. The lowest BCUT2D eigenvalue weighted by Crippen LogP contribution is -2.47. The summed E-state index contributed by atoms with van der Waals surface area (Å²) in [4.78, 5) is 14.8. The second-order valence-electron chi connectivity index (χ2n) is 5.21. The zero-order valence-corrected chi connectivity index (χ0v) is 11.7. The molecule has 0 saturated carbocycles. The molecule has 0 fully saturated rings. The van der Waals surface area contributed by atoms with Crippen LogP contribution >= 0.6 is 0 Å². The van der Waals surface area contributed by atoms with Gasteiger partial charge < -0.3 is 20.8 Å². The number of aromatic nitrogens is 1. The number of benzene rings is 1. The van der Waals surface area contributed by atoms with Gasteiger partial charge in [0.15, 0.2) is 0 Å². The maximum Gasteiger partial charge on any atom is 0.304 e. The van der Waals surface area contributed by atoms with Gasteiger partial charge in [-0.05, 0) is 19.9 Å². The molecule has 5 heteroatoms. The van der Waals surface area contributed by atoms with Gasteiger partial charge in [-0.1, -0.05) is 18.2 Å². The Morgan fingerprint density at radius 1 is 1.35 bits per heavy atom. The van der Waals surface area contributed by atoms with Crippen molar-refractivity contribution in [2.45, 2.75) is 26.5 Å². The van der Waals surface area contributed by atoms with Crippen LogP contribution in [0.1, 0.15) is 32.0 Å². The number of ether oxygens (including phenoxy) is 1. The highest BCUT2D eigenvalue weighted by atomic mass is 16.6. The largest absolute Gasteiger partial charge is 0.435 e. The molecule has 0 radical (unpaired) electrons. The van der Waals surface area contributed by atoms with Crippen molar-refractivity contribution in [3.8, 4) is 0 Å². The molecular weight excluding hydrogens is 254 g/mol. The Balaban J connectivity index is 2.33. The van der Waals surface area contributed by atoms with Crippen LogP contribution in [0.25, 0.3) is 16.5 Å². The molecule has 0 spiro atoms. The predicted octanol–water partition coefficient (Wildman–Crippen LogP) is 2.15. The molecule has 0 bridgehead atoms. The number of fused-ring (bicyclic) bond motifs is 3. The lowest BCUT2D eigenvalue weighted by molar-refractivity contribution is -0.159. The van der Waals surface area contributed by atoms with Gasteiger partial charge in [-0.2, -0.15) is 0 Å². The number of para-hydroxylation sites is 1. The summed E-state index contributed by atoms with van der Waals surface area (Å²) in [6.45, 7) is 5.14. The monoisotopic (exact) mass is 271 g/mol. The Kier molecular flexibility index (Phi) is 2.54. The smallest absolute Gasteiger partial charge is 0.304 e. The van der Waals surface area contributed by atoms with Crippen LogP contribution in [0, 0.1) is 0 Å². The van der Waals surface area contributed by atoms with Crippen LogP contribution in [0.15, 0.2) is 30.1 Å². The first kappa shape index (κ1) is 12.6. The highest BCUT2D eigenvalue weighted by Gasteiger charge is 2.39. The molecule has 1 atom stereocenters. The van der Waals surface area contributed by atoms with Gasteiger partial charge in [0.05, 0.1) is 5.69 Å². The van der Waals surface area contributed by atoms with E-state index in [2.05, 4.69) is 10.3 Å². The fourth-order valence-electron chi connectivity index (χ4n) is 2.83. The van der Waals surface area contributed by atoms with E-state index in [0.717, 1.165) is 27.7 Å². The molecule has 3 rings (SSSR count). The second-order valence-corrected chi connectivity index (χ2v) is 5.21. The molecule has 2 aromatic rings. The van der Waals surface area contributed by atoms with E-state index in [-0.39, 0.29) is 5.97 Å². The summed E-state index contributed by atoms with van der Waals surface area (Å²) >= 11 is 0. The van der Waals surface area contributed by atoms with Crippen molar-refractivity contribution in [3.05, 3.63) is 41.3 Å². The first-order valence-corrected chi connectivity index (χ1v) is 6.48. The van der Waals surface area contributed by atoms with Gasteiger partial charge in [0, 0.05) is 29.0 Å². The number of hydrogen-bond donors (Lipinski definition) is 3. The molecular formula is C15H17N3O2. The van der Waals surface area contributed by atoms with Crippen LogP contribution in [0.2, 0.25) is 0 Å². The van der Waals surface area contributed by atoms with E-state index in [1.54, 1.807) is 0 Å². The summed E-state index contributed by atoms with van der Waals surface area (Å²) in [6, 6.07) is 7.92. The van der Waals surface area contributed by atoms with Gasteiger partial charge in [0.25, 0.3) is 0 Å². The fourth-order valence-corrected chi connectivity index (χ4v) is 2.83. The summed E-state index contributed by atoms with van der Waals surface area (Å²) < 4.78 is 5.51. The molecule has 104 valence electrons. The Bertz CT molecular complexity index is 745. The number of H-pyrrole nitrogens is 1. The van der Waals surface area contributed by atoms with Gasteiger partial charge in [-0.25, -0.2) is 0 Å². The minimum Gasteiger partial charge on any atom is -0.435 e. The molecule has 0 saturated heterocycles. The van der Waals surface area contributed by atoms with Crippen LogP contribution in [0.4, 0.5) is 0 Å². The number of hydrogen-bond acceptors (Lipinski definition) is 4. The van der Waals surface area contributed by atoms with Crippen molar-refractivity contribution in [2.24, 2.45) is 5.73 Å². The molecule has 4 N–H and O–H groups in total. The number of nitrogens with one attached hydrogen (secondary N) is 2. The first-order chi connectivity index (χ1) is 9.42. The number of carbonyl (C=O) groups excluding carboxylic acids is 1. The normalized spacial score (nSPS) is 21.6. The van der Waals surface area contributed by atoms with Crippen molar-refractivity contribution in [1.82, 2.24) is 10.3 Å². The average molecular weight is 271 g/mol. The molecule has 0 amide bonds. The standard InChI is InChI=1S/C15H17N3O2/c1-8-13-12(10-6-4-5-7-11(10)17-13)15(3,18-14(8)16)20-9(2)19/h4-7,17-18H,16H2,1-3H3/t15-/m0/s1. The number of rotatable bonds is 1. The number of esters is 1. The summed E-state index contributed by atoms with van der Waals surface area (Å²) in [7, 11) is 0. The number of nitrogens with two attached hydrogens (primary N) is 1. The van der Waals surface area contributed by atoms with Crippen LogP contribution in [-0.4, -0.2) is 11.0 Å². The number of allylic oxidation sites excluding steroid dienone is 1. The van der Waals surface area contributed by atoms with E-state index in [0.29, 0.717) is 5.82 Å². The van der Waals surface area contributed by atoms with Gasteiger partial charge in [-0.15, -0.1) is 0 Å². The zero-order chi connectivity index (χ0) is 14.5. The fraction of sp³-hybridized carbons (Fsp3) is 0.267. The summed E-state index contributed by atoms with van der Waals surface area (Å²) in [6.07, 6.45) is 0. The summed E-state index contributed by atoms with van der Waals surface area (Å²) in [5, 5.41) is 4.12. The average Bonchev–Trinajstić information content (AvgIpc) is 2.75. The minimum absolute atomic E-state index is 0.358. The highest BCUT2D eigenvalue weighted by Crippen LogP contribution is 2.40. The molecule has 5 nitrogen and oxygen atoms in total. The van der Waals surface area contributed by atoms with E-state index in [1.165, 1.54) is 6.92 Å². The Hall–Kier alpha value is -2.43. The van der Waals surface area contributed by atoms with E-state index >= 15 is 0 Å². The minimum atomic E-state index is -0.968. The summed E-state index contributed by atoms with van der Waals surface area (Å²) in [5.74, 6) is 0.149. The topological polar surface area (TPSA) is 80.1 Å². The Morgan fingerprint density at radius 3 is 2.75 bits per heavy atom. The highest BCUT2D eigenvalue weighted by molar-refractivity contribution is 5.91. The van der Waals surface area contributed by atoms with Gasteiger partial charge in [0.2, 0.25) is 5.72 Å². The SMILES string of the molecule is CC(=O)O[C@]1(C)NC(N)=C(C)c2[nH]c3ccccc3c21. The van der Waals surface area contributed by atoms with Gasteiger partial charge >= 0.3 is 5.97 Å². The Labute approximate surface area is 116 Å².